The van der Waals surface area contributed by atoms with Crippen LogP contribution in [-0.2, 0) is 22.5 Å². The van der Waals surface area contributed by atoms with E-state index < -0.39 is 0 Å². The van der Waals surface area contributed by atoms with Crippen molar-refractivity contribution in [2.24, 2.45) is 0 Å². The average Bonchev–Trinajstić information content (AvgIpc) is 3.12. The summed E-state index contributed by atoms with van der Waals surface area (Å²) in [6.45, 7) is 2.56. The van der Waals surface area contributed by atoms with Gasteiger partial charge in [0.1, 0.15) is 12.7 Å². The number of benzene rings is 1. The van der Waals surface area contributed by atoms with E-state index in [1.54, 1.807) is 11.0 Å². The second-order valence-electron chi connectivity index (χ2n) is 5.77. The van der Waals surface area contributed by atoms with Gasteiger partial charge >= 0.3 is 0 Å². The number of aromatic nitrogens is 3. The zero-order valence-corrected chi connectivity index (χ0v) is 13.2. The van der Waals surface area contributed by atoms with Crippen LogP contribution in [0.1, 0.15) is 18.4 Å². The molecule has 0 spiro atoms. The number of carbonyl (C=O) groups excluding carboxylic acids is 1. The van der Waals surface area contributed by atoms with E-state index in [-0.39, 0.29) is 12.0 Å². The quantitative estimate of drug-likeness (QED) is 0.811. The second kappa shape index (κ2) is 7.87. The first-order valence-corrected chi connectivity index (χ1v) is 8.07. The molecule has 0 radical (unpaired) electrons. The van der Waals surface area contributed by atoms with Crippen molar-refractivity contribution in [3.63, 3.8) is 0 Å². The zero-order chi connectivity index (χ0) is 15.9. The van der Waals surface area contributed by atoms with Crippen molar-refractivity contribution >= 4 is 5.91 Å². The van der Waals surface area contributed by atoms with E-state index in [0.717, 1.165) is 12.8 Å². The van der Waals surface area contributed by atoms with Crippen molar-refractivity contribution in [1.29, 1.82) is 0 Å². The highest BCUT2D eigenvalue weighted by Gasteiger charge is 2.23. The molecule has 1 aromatic carbocycles. The number of hydrogen-bond acceptors (Lipinski definition) is 4. The molecule has 23 heavy (non-hydrogen) atoms. The van der Waals surface area contributed by atoms with Gasteiger partial charge in [-0.3, -0.25) is 9.48 Å². The Balaban J connectivity index is 1.44. The van der Waals surface area contributed by atoms with Crippen molar-refractivity contribution in [1.82, 2.24) is 19.7 Å². The number of nitrogens with zero attached hydrogens (tertiary/aromatic N) is 4. The predicted molar refractivity (Wildman–Crippen MR) is 85.7 cm³/mol. The topological polar surface area (TPSA) is 60.2 Å². The lowest BCUT2D eigenvalue weighted by molar-refractivity contribution is -0.139. The molecule has 1 aliphatic heterocycles. The van der Waals surface area contributed by atoms with Gasteiger partial charge in [-0.05, 0) is 18.4 Å². The minimum atomic E-state index is 0.124. The molecule has 2 aromatic rings. The van der Waals surface area contributed by atoms with Crippen molar-refractivity contribution in [2.75, 3.05) is 19.7 Å². The number of amides is 1. The van der Waals surface area contributed by atoms with Crippen molar-refractivity contribution in [3.05, 3.63) is 48.5 Å². The van der Waals surface area contributed by atoms with Crippen LogP contribution >= 0.6 is 0 Å². The zero-order valence-electron chi connectivity index (χ0n) is 13.2. The highest BCUT2D eigenvalue weighted by molar-refractivity contribution is 5.76. The summed E-state index contributed by atoms with van der Waals surface area (Å²) in [5.41, 5.74) is 1.31. The average molecular weight is 314 g/mol. The molecule has 1 atom stereocenters. The monoisotopic (exact) mass is 314 g/mol. The molecule has 0 saturated carbocycles. The minimum absolute atomic E-state index is 0.124. The lowest BCUT2D eigenvalue weighted by Crippen LogP contribution is -2.46. The van der Waals surface area contributed by atoms with Crippen LogP contribution in [0.3, 0.4) is 0 Å². The number of hydrogen-bond donors (Lipinski definition) is 0. The second-order valence-corrected chi connectivity index (χ2v) is 5.77. The molecule has 1 saturated heterocycles. The molecule has 6 nitrogen and oxygen atoms in total. The summed E-state index contributed by atoms with van der Waals surface area (Å²) in [5.74, 6) is 0.161. The normalized spacial score (nSPS) is 18.1. The molecule has 1 unspecified atom stereocenters. The first-order valence-electron chi connectivity index (χ1n) is 8.07. The van der Waals surface area contributed by atoms with Gasteiger partial charge in [-0.1, -0.05) is 30.3 Å². The summed E-state index contributed by atoms with van der Waals surface area (Å²) in [6, 6.07) is 10.4. The van der Waals surface area contributed by atoms with E-state index in [9.17, 15) is 4.79 Å². The first kappa shape index (κ1) is 15.7. The van der Waals surface area contributed by atoms with Crippen molar-refractivity contribution < 1.29 is 9.53 Å². The van der Waals surface area contributed by atoms with Gasteiger partial charge in [0.2, 0.25) is 5.91 Å². The highest BCUT2D eigenvalue weighted by atomic mass is 16.5. The molecule has 0 N–H and O–H groups in total. The highest BCUT2D eigenvalue weighted by Crippen LogP contribution is 2.13. The van der Waals surface area contributed by atoms with E-state index in [2.05, 4.69) is 34.3 Å². The Morgan fingerprint density at radius 2 is 2.17 bits per heavy atom. The summed E-state index contributed by atoms with van der Waals surface area (Å²) in [7, 11) is 0. The van der Waals surface area contributed by atoms with E-state index in [1.165, 1.54) is 11.9 Å². The van der Waals surface area contributed by atoms with Crippen LogP contribution in [0.25, 0.3) is 0 Å². The fraction of sp³-hybridized carbons (Fsp3) is 0.471. The lowest BCUT2D eigenvalue weighted by atomic mass is 10.1. The Kier molecular flexibility index (Phi) is 5.37. The van der Waals surface area contributed by atoms with E-state index in [1.807, 2.05) is 11.0 Å². The van der Waals surface area contributed by atoms with Crippen LogP contribution in [-0.4, -0.2) is 51.4 Å². The predicted octanol–water partition coefficient (Wildman–Crippen LogP) is 1.53. The van der Waals surface area contributed by atoms with E-state index in [0.29, 0.717) is 32.7 Å². The molecule has 1 fully saturated rings. The van der Waals surface area contributed by atoms with Gasteiger partial charge in [0.05, 0.1) is 19.3 Å². The standard InChI is InChI=1S/C17H22N4O2/c22-17(8-9-21-14-18-13-19-21)20-10-11-23-16(12-20)7-6-15-4-2-1-3-5-15/h1-5,13-14,16H,6-12H2. The molecule has 2 heterocycles. The number of ether oxygens (including phenoxy) is 1. The fourth-order valence-corrected chi connectivity index (χ4v) is 2.81. The summed E-state index contributed by atoms with van der Waals surface area (Å²) < 4.78 is 7.49. The van der Waals surface area contributed by atoms with E-state index >= 15 is 0 Å². The summed E-state index contributed by atoms with van der Waals surface area (Å²) >= 11 is 0. The number of rotatable bonds is 6. The van der Waals surface area contributed by atoms with Gasteiger partial charge in [0, 0.05) is 19.5 Å². The Morgan fingerprint density at radius 1 is 1.30 bits per heavy atom. The maximum Gasteiger partial charge on any atom is 0.224 e. The van der Waals surface area contributed by atoms with Crippen LogP contribution in [0.5, 0.6) is 0 Å². The van der Waals surface area contributed by atoms with Gasteiger partial charge in [0.15, 0.2) is 0 Å². The Morgan fingerprint density at radius 3 is 2.96 bits per heavy atom. The van der Waals surface area contributed by atoms with Gasteiger partial charge < -0.3 is 9.64 Å². The third-order valence-electron chi connectivity index (χ3n) is 4.11. The number of morpholine rings is 1. The molecule has 6 heteroatoms. The van der Waals surface area contributed by atoms with Crippen LogP contribution in [0.2, 0.25) is 0 Å². The summed E-state index contributed by atoms with van der Waals surface area (Å²) in [4.78, 5) is 18.1. The third kappa shape index (κ3) is 4.63. The first-order chi connectivity index (χ1) is 11.3. The third-order valence-corrected chi connectivity index (χ3v) is 4.11. The molecule has 1 aliphatic rings. The molecular weight excluding hydrogens is 292 g/mol. The van der Waals surface area contributed by atoms with Gasteiger partial charge in [-0.15, -0.1) is 0 Å². The number of carbonyl (C=O) groups is 1. The van der Waals surface area contributed by atoms with Crippen molar-refractivity contribution in [2.45, 2.75) is 31.9 Å². The minimum Gasteiger partial charge on any atom is -0.375 e. The molecule has 3 rings (SSSR count). The Hall–Kier alpha value is -2.21. The SMILES string of the molecule is O=C(CCn1cncn1)N1CCOC(CCc2ccccc2)C1. The van der Waals surface area contributed by atoms with Gasteiger partial charge in [-0.2, -0.15) is 5.10 Å². The summed E-state index contributed by atoms with van der Waals surface area (Å²) in [5, 5.41) is 4.02. The number of aryl methyl sites for hydroxylation is 2. The van der Waals surface area contributed by atoms with Crippen LogP contribution in [0, 0.1) is 0 Å². The molecule has 122 valence electrons. The van der Waals surface area contributed by atoms with E-state index in [4.69, 9.17) is 4.74 Å². The fourth-order valence-electron chi connectivity index (χ4n) is 2.81. The molecule has 1 aromatic heterocycles. The molecule has 0 bridgehead atoms. The van der Waals surface area contributed by atoms with Gasteiger partial charge in [0.25, 0.3) is 0 Å². The Bertz CT molecular complexity index is 600. The molecular formula is C17H22N4O2. The van der Waals surface area contributed by atoms with Crippen molar-refractivity contribution in [3.8, 4) is 0 Å². The maximum absolute atomic E-state index is 12.3. The Labute approximate surface area is 136 Å². The van der Waals surface area contributed by atoms with Crippen LogP contribution < -0.4 is 0 Å². The largest absolute Gasteiger partial charge is 0.375 e. The smallest absolute Gasteiger partial charge is 0.224 e. The van der Waals surface area contributed by atoms with Gasteiger partial charge in [-0.25, -0.2) is 4.98 Å². The molecule has 0 aliphatic carbocycles. The molecule has 1 amide bonds. The lowest BCUT2D eigenvalue weighted by Gasteiger charge is -2.33. The maximum atomic E-state index is 12.3. The van der Waals surface area contributed by atoms with Crippen LogP contribution in [0.4, 0.5) is 0 Å². The van der Waals surface area contributed by atoms with Crippen LogP contribution in [0.15, 0.2) is 43.0 Å². The summed E-state index contributed by atoms with van der Waals surface area (Å²) in [6.07, 6.45) is 5.62.